The van der Waals surface area contributed by atoms with Gasteiger partial charge in [-0.1, -0.05) is 0 Å². The summed E-state index contributed by atoms with van der Waals surface area (Å²) in [5, 5.41) is 31.3. The van der Waals surface area contributed by atoms with Gasteiger partial charge in [-0.05, 0) is 6.92 Å². The summed E-state index contributed by atoms with van der Waals surface area (Å²) < 4.78 is 4.59. The molecule has 2 saturated heterocycles. The summed E-state index contributed by atoms with van der Waals surface area (Å²) in [6.45, 7) is 1.04. The summed E-state index contributed by atoms with van der Waals surface area (Å²) in [6, 6.07) is -0.742. The third-order valence-corrected chi connectivity index (χ3v) is 3.84. The molecule has 5 unspecified atom stereocenters. The highest BCUT2D eigenvalue weighted by Crippen LogP contribution is 2.59. The lowest BCUT2D eigenvalue weighted by molar-refractivity contribution is -0.752. The number of aliphatic hydroxyl groups is 3. The fourth-order valence-electron chi connectivity index (χ4n) is 2.78. The van der Waals surface area contributed by atoms with Crippen molar-refractivity contribution in [3.63, 3.8) is 0 Å². The average Bonchev–Trinajstić information content (AvgIpc) is 2.70. The van der Waals surface area contributed by atoms with Crippen LogP contribution >= 0.6 is 0 Å². The summed E-state index contributed by atoms with van der Waals surface area (Å²) in [5.74, 6) is -0.537. The third-order valence-electron chi connectivity index (χ3n) is 3.84. The lowest BCUT2D eigenvalue weighted by Gasteiger charge is -2.27. The third kappa shape index (κ3) is 0.990. The van der Waals surface area contributed by atoms with E-state index in [1.165, 1.54) is 13.1 Å². The molecule has 8 nitrogen and oxygen atoms in total. The highest BCUT2D eigenvalue weighted by molar-refractivity contribution is 6.04. The molecule has 0 aliphatic carbocycles. The van der Waals surface area contributed by atoms with Gasteiger partial charge < -0.3 is 20.1 Å². The van der Waals surface area contributed by atoms with Crippen LogP contribution in [-0.4, -0.2) is 62.5 Å². The van der Waals surface area contributed by atoms with E-state index in [0.29, 0.717) is 0 Å². The minimum atomic E-state index is -1.83. The Balaban J connectivity index is 2.02. The largest absolute Gasteiger partial charge is 0.433 e. The van der Waals surface area contributed by atoms with Crippen molar-refractivity contribution in [2.75, 3.05) is 6.61 Å². The van der Waals surface area contributed by atoms with Gasteiger partial charge >= 0.3 is 11.8 Å². The van der Waals surface area contributed by atoms with Crippen molar-refractivity contribution in [2.45, 2.75) is 31.1 Å². The fraction of sp³-hybridized carbons (Fsp3) is 0.600. The lowest BCUT2D eigenvalue weighted by Crippen LogP contribution is -2.57. The monoisotopic (exact) mass is 257 g/mol. The van der Waals surface area contributed by atoms with Gasteiger partial charge in [0.25, 0.3) is 12.1 Å². The van der Waals surface area contributed by atoms with Gasteiger partial charge in [0.1, 0.15) is 12.3 Å². The zero-order chi connectivity index (χ0) is 13.3. The van der Waals surface area contributed by atoms with Crippen molar-refractivity contribution >= 4 is 11.9 Å². The second-order valence-electron chi connectivity index (χ2n) is 4.79. The number of quaternary nitrogens is 1. The van der Waals surface area contributed by atoms with Crippen molar-refractivity contribution in [3.8, 4) is 0 Å². The predicted molar refractivity (Wildman–Crippen MR) is 54.3 cm³/mol. The normalized spacial score (nSPS) is 50.0. The molecule has 0 bridgehead atoms. The molecule has 0 aromatic carbocycles. The summed E-state index contributed by atoms with van der Waals surface area (Å²) in [7, 11) is 0. The Morgan fingerprint density at radius 3 is 2.72 bits per heavy atom. The van der Waals surface area contributed by atoms with E-state index >= 15 is 0 Å². The Kier molecular flexibility index (Phi) is 2.07. The molecule has 3 heterocycles. The molecular weight excluding hydrogens is 244 g/mol. The van der Waals surface area contributed by atoms with Gasteiger partial charge in [-0.25, -0.2) is 10.1 Å². The van der Waals surface area contributed by atoms with Crippen LogP contribution in [0.2, 0.25) is 0 Å². The smallest absolute Gasteiger partial charge is 0.394 e. The van der Waals surface area contributed by atoms with Crippen LogP contribution in [0.25, 0.3) is 0 Å². The van der Waals surface area contributed by atoms with Crippen LogP contribution in [0.5, 0.6) is 0 Å². The van der Waals surface area contributed by atoms with Crippen LogP contribution in [0.3, 0.4) is 0 Å². The first-order valence-electron chi connectivity index (χ1n) is 5.50. The van der Waals surface area contributed by atoms with Gasteiger partial charge in [-0.2, -0.15) is 0 Å². The highest BCUT2D eigenvalue weighted by atomic mass is 16.6. The predicted octanol–water partition coefficient (Wildman–Crippen LogP) is -2.26. The zero-order valence-electron chi connectivity index (χ0n) is 9.53. The molecule has 1 spiro atoms. The molecule has 18 heavy (non-hydrogen) atoms. The SMILES string of the molecule is CC1=C[N+]2(C(=O)NC1=O)C1OC(CO)C(O)C12O. The number of imide groups is 1. The lowest BCUT2D eigenvalue weighted by atomic mass is 10.1. The molecule has 2 fully saturated rings. The number of rotatable bonds is 1. The molecular formula is C10H13N2O6+. The van der Waals surface area contributed by atoms with Crippen LogP contribution in [0.1, 0.15) is 6.92 Å². The first-order valence-corrected chi connectivity index (χ1v) is 5.50. The standard InChI is InChI=1S/C10H12N2O6/c1-4-2-12(9(16)11-7(4)15)8-10(12,17)6(14)5(3-13)18-8/h2,5-6,8,13-14,17H,3H2,1H3/p+1. The fourth-order valence-corrected chi connectivity index (χ4v) is 2.78. The van der Waals surface area contributed by atoms with Crippen molar-refractivity contribution in [1.82, 2.24) is 5.32 Å². The Labute approximate surface area is 102 Å². The number of amides is 3. The average molecular weight is 257 g/mol. The van der Waals surface area contributed by atoms with Gasteiger partial charge in [0.2, 0.25) is 0 Å². The van der Waals surface area contributed by atoms with E-state index < -0.39 is 47.2 Å². The van der Waals surface area contributed by atoms with E-state index in [9.17, 15) is 19.8 Å². The van der Waals surface area contributed by atoms with Gasteiger partial charge in [-0.15, -0.1) is 4.48 Å². The number of carbonyl (C=O) groups is 2. The van der Waals surface area contributed by atoms with Crippen LogP contribution < -0.4 is 5.32 Å². The van der Waals surface area contributed by atoms with Crippen molar-refractivity contribution < 1.29 is 34.1 Å². The van der Waals surface area contributed by atoms with Crippen LogP contribution in [0.15, 0.2) is 11.8 Å². The van der Waals surface area contributed by atoms with Crippen molar-refractivity contribution in [2.24, 2.45) is 0 Å². The molecule has 0 radical (unpaired) electrons. The molecule has 3 amide bonds. The summed E-state index contributed by atoms with van der Waals surface area (Å²) >= 11 is 0. The first-order chi connectivity index (χ1) is 8.39. The summed E-state index contributed by atoms with van der Waals surface area (Å²) in [5.41, 5.74) is -1.58. The topological polar surface area (TPSA) is 116 Å². The van der Waals surface area contributed by atoms with E-state index in [2.05, 4.69) is 5.32 Å². The highest BCUT2D eigenvalue weighted by Gasteiger charge is 2.93. The van der Waals surface area contributed by atoms with Crippen LogP contribution in [0.4, 0.5) is 4.79 Å². The number of nitrogens with zero attached hydrogens (tertiary/aromatic N) is 1. The second kappa shape index (κ2) is 3.16. The number of hydrogen-bond acceptors (Lipinski definition) is 6. The quantitative estimate of drug-likeness (QED) is 0.311. The molecule has 0 aromatic rings. The van der Waals surface area contributed by atoms with Crippen LogP contribution in [0, 0.1) is 0 Å². The maximum atomic E-state index is 11.9. The minimum absolute atomic E-state index is 0.258. The molecule has 8 heteroatoms. The molecule has 98 valence electrons. The van der Waals surface area contributed by atoms with Gasteiger partial charge in [0.05, 0.1) is 12.2 Å². The maximum Gasteiger partial charge on any atom is 0.433 e. The van der Waals surface area contributed by atoms with E-state index in [1.807, 2.05) is 0 Å². The summed E-state index contributed by atoms with van der Waals surface area (Å²) in [4.78, 5) is 23.2. The second-order valence-corrected chi connectivity index (χ2v) is 4.79. The van der Waals surface area contributed by atoms with Crippen LogP contribution in [-0.2, 0) is 9.53 Å². The van der Waals surface area contributed by atoms with E-state index in [4.69, 9.17) is 9.84 Å². The summed E-state index contributed by atoms with van der Waals surface area (Å²) in [6.07, 6.45) is -2.03. The van der Waals surface area contributed by atoms with Gasteiger partial charge in [0, 0.05) is 0 Å². The molecule has 4 N–H and O–H groups in total. The number of aliphatic hydroxyl groups excluding tert-OH is 2. The number of urea groups is 1. The maximum absolute atomic E-state index is 11.9. The number of hydrogen-bond donors (Lipinski definition) is 4. The van der Waals surface area contributed by atoms with E-state index in [1.54, 1.807) is 0 Å². The Bertz CT molecular complexity index is 491. The number of nitrogens with one attached hydrogen (secondary N) is 1. The van der Waals surface area contributed by atoms with E-state index in [0.717, 1.165) is 0 Å². The van der Waals surface area contributed by atoms with E-state index in [-0.39, 0.29) is 5.57 Å². The minimum Gasteiger partial charge on any atom is -0.394 e. The number of fused-ring (bicyclic) bond motifs is 3. The number of carbonyl (C=O) groups excluding carboxylic acids is 2. The van der Waals surface area contributed by atoms with Crippen molar-refractivity contribution in [3.05, 3.63) is 11.8 Å². The zero-order valence-corrected chi connectivity index (χ0v) is 9.53. The Morgan fingerprint density at radius 2 is 2.22 bits per heavy atom. The van der Waals surface area contributed by atoms with Crippen molar-refractivity contribution in [1.29, 1.82) is 0 Å². The molecule has 3 rings (SSSR count). The Morgan fingerprint density at radius 1 is 1.56 bits per heavy atom. The molecule has 5 atom stereocenters. The number of ether oxygens (including phenoxy) is 1. The molecule has 0 aromatic heterocycles. The first kappa shape index (κ1) is 11.8. The molecule has 3 aliphatic rings. The van der Waals surface area contributed by atoms with Gasteiger partial charge in [-0.3, -0.25) is 4.79 Å². The molecule has 0 saturated carbocycles. The molecule has 3 aliphatic heterocycles. The Hall–Kier alpha value is -1.32. The van der Waals surface area contributed by atoms with Gasteiger partial charge in [0.15, 0.2) is 6.10 Å².